The van der Waals surface area contributed by atoms with Crippen molar-refractivity contribution >= 4 is 11.8 Å². The summed E-state index contributed by atoms with van der Waals surface area (Å²) in [6.07, 6.45) is -0.528. The number of para-hydroxylation sites is 1. The molecular weight excluding hydrogens is 220 g/mol. The Morgan fingerprint density at radius 1 is 1.47 bits per heavy atom. The highest BCUT2D eigenvalue weighted by Crippen LogP contribution is 2.24. The Balaban J connectivity index is 2.56. The third kappa shape index (κ3) is 4.22. The van der Waals surface area contributed by atoms with Gasteiger partial charge in [-0.25, -0.2) is 4.79 Å². The van der Waals surface area contributed by atoms with Gasteiger partial charge in [-0.15, -0.1) is 0 Å². The van der Waals surface area contributed by atoms with Crippen LogP contribution in [0.4, 0.5) is 10.5 Å². The van der Waals surface area contributed by atoms with Gasteiger partial charge in [0, 0.05) is 12.1 Å². The fourth-order valence-electron chi connectivity index (χ4n) is 1.24. The minimum absolute atomic E-state index is 0.0106. The lowest BCUT2D eigenvalue weighted by Crippen LogP contribution is -2.32. The molecule has 1 amide bonds. The molecule has 0 heterocycles. The van der Waals surface area contributed by atoms with Crippen molar-refractivity contribution in [1.82, 2.24) is 5.32 Å². The van der Waals surface area contributed by atoms with E-state index in [1.54, 1.807) is 39.0 Å². The number of rotatable bonds is 2. The molecule has 0 radical (unpaired) electrons. The van der Waals surface area contributed by atoms with Gasteiger partial charge in [0.2, 0.25) is 0 Å². The van der Waals surface area contributed by atoms with E-state index in [4.69, 9.17) is 10.5 Å². The summed E-state index contributed by atoms with van der Waals surface area (Å²) in [6.45, 7) is 5.52. The number of nitrogens with one attached hydrogen (secondary N) is 1. The molecule has 0 saturated heterocycles. The van der Waals surface area contributed by atoms with Crippen molar-refractivity contribution in [1.29, 1.82) is 0 Å². The van der Waals surface area contributed by atoms with E-state index in [0.29, 0.717) is 5.56 Å². The SMILES string of the molecule is CC(C)(C)OC(=O)NCc1cccc(N)c1O. The monoisotopic (exact) mass is 238 g/mol. The van der Waals surface area contributed by atoms with Crippen molar-refractivity contribution in [3.63, 3.8) is 0 Å². The molecular formula is C12H18N2O3. The van der Waals surface area contributed by atoms with Crippen molar-refractivity contribution in [2.24, 2.45) is 0 Å². The standard InChI is InChI=1S/C12H18N2O3/c1-12(2,3)17-11(16)14-7-8-5-4-6-9(13)10(8)15/h4-6,15H,7,13H2,1-3H3,(H,14,16). The normalized spacial score (nSPS) is 11.0. The first-order chi connectivity index (χ1) is 7.79. The Morgan fingerprint density at radius 3 is 2.71 bits per heavy atom. The summed E-state index contributed by atoms with van der Waals surface area (Å²) in [7, 11) is 0. The van der Waals surface area contributed by atoms with Crippen LogP contribution in [-0.2, 0) is 11.3 Å². The number of hydrogen-bond acceptors (Lipinski definition) is 4. The lowest BCUT2D eigenvalue weighted by Gasteiger charge is -2.19. The molecule has 4 N–H and O–H groups in total. The first-order valence-corrected chi connectivity index (χ1v) is 5.33. The molecule has 17 heavy (non-hydrogen) atoms. The molecule has 0 bridgehead atoms. The van der Waals surface area contributed by atoms with Crippen molar-refractivity contribution in [3.05, 3.63) is 23.8 Å². The first kappa shape index (κ1) is 13.2. The number of phenolic OH excluding ortho intramolecular Hbond substituents is 1. The molecule has 1 aromatic carbocycles. The molecule has 1 aromatic rings. The van der Waals surface area contributed by atoms with E-state index in [9.17, 15) is 9.90 Å². The van der Waals surface area contributed by atoms with Crippen LogP contribution >= 0.6 is 0 Å². The predicted octanol–water partition coefficient (Wildman–Crippen LogP) is 2.00. The maximum Gasteiger partial charge on any atom is 0.407 e. The van der Waals surface area contributed by atoms with E-state index >= 15 is 0 Å². The third-order valence-electron chi connectivity index (χ3n) is 1.97. The third-order valence-corrected chi connectivity index (χ3v) is 1.97. The van der Waals surface area contributed by atoms with Crippen LogP contribution in [0.2, 0.25) is 0 Å². The van der Waals surface area contributed by atoms with E-state index in [1.807, 2.05) is 0 Å². The van der Waals surface area contributed by atoms with Gasteiger partial charge in [0.25, 0.3) is 0 Å². The van der Waals surface area contributed by atoms with Gasteiger partial charge in [-0.05, 0) is 26.8 Å². The number of alkyl carbamates (subject to hydrolysis) is 1. The van der Waals surface area contributed by atoms with Gasteiger partial charge >= 0.3 is 6.09 Å². The van der Waals surface area contributed by atoms with E-state index in [-0.39, 0.29) is 18.0 Å². The Morgan fingerprint density at radius 2 is 2.12 bits per heavy atom. The number of anilines is 1. The molecule has 0 aliphatic heterocycles. The molecule has 1 rings (SSSR count). The molecule has 5 heteroatoms. The summed E-state index contributed by atoms with van der Waals surface area (Å²) in [4.78, 5) is 11.4. The topological polar surface area (TPSA) is 84.6 Å². The van der Waals surface area contributed by atoms with Crippen LogP contribution < -0.4 is 11.1 Å². The van der Waals surface area contributed by atoms with Crippen molar-refractivity contribution in [2.45, 2.75) is 32.9 Å². The summed E-state index contributed by atoms with van der Waals surface area (Å²) in [5, 5.41) is 12.2. The molecule has 0 fully saturated rings. The zero-order valence-electron chi connectivity index (χ0n) is 10.3. The molecule has 0 aliphatic carbocycles. The largest absolute Gasteiger partial charge is 0.505 e. The zero-order chi connectivity index (χ0) is 13.1. The number of nitrogens with two attached hydrogens (primary N) is 1. The zero-order valence-corrected chi connectivity index (χ0v) is 10.3. The second kappa shape index (κ2) is 4.95. The summed E-state index contributed by atoms with van der Waals surface area (Å²) < 4.78 is 5.07. The number of hydrogen-bond donors (Lipinski definition) is 3. The summed E-state index contributed by atoms with van der Waals surface area (Å²) in [5.41, 5.74) is 5.83. The quantitative estimate of drug-likeness (QED) is 0.543. The van der Waals surface area contributed by atoms with E-state index < -0.39 is 11.7 Å². The second-order valence-electron chi connectivity index (χ2n) is 4.71. The van der Waals surface area contributed by atoms with Crippen LogP contribution in [0.25, 0.3) is 0 Å². The Labute approximate surface area is 101 Å². The Bertz CT molecular complexity index is 411. The van der Waals surface area contributed by atoms with Crippen LogP contribution in [0, 0.1) is 0 Å². The number of amides is 1. The van der Waals surface area contributed by atoms with Crippen LogP contribution in [0.1, 0.15) is 26.3 Å². The number of phenols is 1. The van der Waals surface area contributed by atoms with E-state index in [2.05, 4.69) is 5.32 Å². The Kier molecular flexibility index (Phi) is 3.83. The molecule has 0 aromatic heterocycles. The van der Waals surface area contributed by atoms with Gasteiger partial charge in [-0.2, -0.15) is 0 Å². The lowest BCUT2D eigenvalue weighted by atomic mass is 10.2. The van der Waals surface area contributed by atoms with E-state index in [1.165, 1.54) is 0 Å². The highest BCUT2D eigenvalue weighted by molar-refractivity contribution is 5.68. The number of carbonyl (C=O) groups excluding carboxylic acids is 1. The van der Waals surface area contributed by atoms with Gasteiger partial charge in [-0.3, -0.25) is 0 Å². The van der Waals surface area contributed by atoms with Crippen LogP contribution in [0.3, 0.4) is 0 Å². The molecule has 0 aliphatic rings. The second-order valence-corrected chi connectivity index (χ2v) is 4.71. The fourth-order valence-corrected chi connectivity index (χ4v) is 1.24. The van der Waals surface area contributed by atoms with E-state index in [0.717, 1.165) is 0 Å². The van der Waals surface area contributed by atoms with Gasteiger partial charge in [0.15, 0.2) is 0 Å². The minimum atomic E-state index is -0.540. The van der Waals surface area contributed by atoms with Crippen LogP contribution in [0.15, 0.2) is 18.2 Å². The number of ether oxygens (including phenoxy) is 1. The van der Waals surface area contributed by atoms with Gasteiger partial charge in [0.05, 0.1) is 5.69 Å². The molecule has 94 valence electrons. The highest BCUT2D eigenvalue weighted by Gasteiger charge is 2.16. The van der Waals surface area contributed by atoms with Crippen molar-refractivity contribution in [2.75, 3.05) is 5.73 Å². The van der Waals surface area contributed by atoms with Gasteiger partial charge in [0.1, 0.15) is 11.4 Å². The highest BCUT2D eigenvalue weighted by atomic mass is 16.6. The lowest BCUT2D eigenvalue weighted by molar-refractivity contribution is 0.0523. The first-order valence-electron chi connectivity index (χ1n) is 5.33. The van der Waals surface area contributed by atoms with Crippen LogP contribution in [-0.4, -0.2) is 16.8 Å². The number of aromatic hydroxyl groups is 1. The Hall–Kier alpha value is -1.91. The smallest absolute Gasteiger partial charge is 0.407 e. The maximum absolute atomic E-state index is 11.4. The predicted molar refractivity (Wildman–Crippen MR) is 65.6 cm³/mol. The van der Waals surface area contributed by atoms with Crippen molar-refractivity contribution in [3.8, 4) is 5.75 Å². The van der Waals surface area contributed by atoms with Crippen molar-refractivity contribution < 1.29 is 14.6 Å². The summed E-state index contributed by atoms with van der Waals surface area (Å²) >= 11 is 0. The van der Waals surface area contributed by atoms with Gasteiger partial charge in [-0.1, -0.05) is 12.1 Å². The minimum Gasteiger partial charge on any atom is -0.505 e. The molecule has 0 unspecified atom stereocenters. The molecule has 5 nitrogen and oxygen atoms in total. The molecule has 0 atom stereocenters. The molecule has 0 spiro atoms. The number of benzene rings is 1. The van der Waals surface area contributed by atoms with Gasteiger partial charge < -0.3 is 20.9 Å². The summed E-state index contributed by atoms with van der Waals surface area (Å²) in [6, 6.07) is 4.98. The number of carbonyl (C=O) groups is 1. The van der Waals surface area contributed by atoms with Crippen LogP contribution in [0.5, 0.6) is 5.75 Å². The summed E-state index contributed by atoms with van der Waals surface area (Å²) in [5.74, 6) is -0.0106. The molecule has 0 saturated carbocycles. The maximum atomic E-state index is 11.4. The average Bonchev–Trinajstić information content (AvgIpc) is 2.18. The average molecular weight is 238 g/mol. The number of nitrogen functional groups attached to an aromatic ring is 1. The fraction of sp³-hybridized carbons (Fsp3) is 0.417.